The van der Waals surface area contributed by atoms with Crippen LogP contribution in [0.15, 0.2) is 133 Å². The maximum absolute atomic E-state index is 2.53. The van der Waals surface area contributed by atoms with Crippen LogP contribution < -0.4 is 9.80 Å². The second kappa shape index (κ2) is 15.9. The van der Waals surface area contributed by atoms with E-state index in [0.29, 0.717) is 0 Å². The van der Waals surface area contributed by atoms with Crippen molar-refractivity contribution in [1.82, 2.24) is 0 Å². The van der Waals surface area contributed by atoms with Gasteiger partial charge in [0.25, 0.3) is 0 Å². The van der Waals surface area contributed by atoms with Crippen molar-refractivity contribution in [1.29, 1.82) is 0 Å². The molecule has 7 aromatic rings. The van der Waals surface area contributed by atoms with Crippen molar-refractivity contribution in [3.63, 3.8) is 0 Å². The minimum Gasteiger partial charge on any atom is -0.309 e. The highest BCUT2D eigenvalue weighted by Gasteiger charge is 2.30. The van der Waals surface area contributed by atoms with E-state index in [0.717, 1.165) is 35.6 Å². The number of hydrogen-bond donors (Lipinski definition) is 0. The predicted octanol–water partition coefficient (Wildman–Crippen LogP) is 17.5. The molecular formula is C58H68N2. The summed E-state index contributed by atoms with van der Waals surface area (Å²) in [5.41, 5.74) is 14.9. The fraction of sp³-hybridized carbons (Fsp3) is 0.345. The second-order valence-corrected chi connectivity index (χ2v) is 20.6. The molecule has 0 aliphatic heterocycles. The first-order valence-electron chi connectivity index (χ1n) is 22.2. The number of benzene rings is 7. The van der Waals surface area contributed by atoms with Crippen LogP contribution >= 0.6 is 0 Å². The number of rotatable bonds is 10. The van der Waals surface area contributed by atoms with Crippen LogP contribution in [0.25, 0.3) is 21.5 Å². The Morgan fingerprint density at radius 1 is 0.333 bits per heavy atom. The van der Waals surface area contributed by atoms with Gasteiger partial charge in [0.15, 0.2) is 0 Å². The standard InChI is InChI=1S/C58H68N2/c1-15-57(11,12)43-25-35-49-51(37-43)53(59(45-27-17-39(3)18-28-45)47-31-21-41(22-32-47)55(5,6)7)50-36-26-44(58(13,14)16-2)38-52(50)54(49)60(46-29-19-40(4)20-30-46)48-33-23-42(24-34-48)56(8,9)10/h17-38H,15-16H2,1-14H3. The third-order valence-electron chi connectivity index (χ3n) is 13.4. The van der Waals surface area contributed by atoms with E-state index in [4.69, 9.17) is 0 Å². The fourth-order valence-corrected chi connectivity index (χ4v) is 8.34. The molecule has 310 valence electrons. The van der Waals surface area contributed by atoms with Gasteiger partial charge in [0.05, 0.1) is 11.4 Å². The third-order valence-corrected chi connectivity index (χ3v) is 13.4. The first-order valence-corrected chi connectivity index (χ1v) is 22.2. The molecule has 0 saturated carbocycles. The van der Waals surface area contributed by atoms with E-state index in [-0.39, 0.29) is 21.7 Å². The van der Waals surface area contributed by atoms with Gasteiger partial charge in [-0.3, -0.25) is 0 Å². The van der Waals surface area contributed by atoms with E-state index in [2.05, 4.69) is 240 Å². The van der Waals surface area contributed by atoms with Crippen molar-refractivity contribution in [2.24, 2.45) is 0 Å². The van der Waals surface area contributed by atoms with Crippen molar-refractivity contribution in [3.05, 3.63) is 167 Å². The van der Waals surface area contributed by atoms with Gasteiger partial charge in [0, 0.05) is 44.3 Å². The van der Waals surface area contributed by atoms with Crippen LogP contribution in [0.3, 0.4) is 0 Å². The molecule has 0 N–H and O–H groups in total. The van der Waals surface area contributed by atoms with E-state index in [1.165, 1.54) is 66.3 Å². The molecule has 0 saturated heterocycles. The Morgan fingerprint density at radius 3 is 0.867 bits per heavy atom. The molecule has 0 bridgehead atoms. The van der Waals surface area contributed by atoms with Gasteiger partial charge in [-0.2, -0.15) is 0 Å². The van der Waals surface area contributed by atoms with Crippen LogP contribution in [0.2, 0.25) is 0 Å². The number of fused-ring (bicyclic) bond motifs is 2. The summed E-state index contributed by atoms with van der Waals surface area (Å²) < 4.78 is 0. The highest BCUT2D eigenvalue weighted by atomic mass is 15.2. The highest BCUT2D eigenvalue weighted by molar-refractivity contribution is 6.23. The summed E-state index contributed by atoms with van der Waals surface area (Å²) >= 11 is 0. The maximum atomic E-state index is 2.53. The Morgan fingerprint density at radius 2 is 0.600 bits per heavy atom. The largest absolute Gasteiger partial charge is 0.309 e. The van der Waals surface area contributed by atoms with Gasteiger partial charge in [0.2, 0.25) is 0 Å². The first kappa shape index (κ1) is 42.8. The molecule has 0 heterocycles. The molecule has 7 rings (SSSR count). The molecule has 0 aliphatic carbocycles. The van der Waals surface area contributed by atoms with E-state index >= 15 is 0 Å². The zero-order valence-corrected chi connectivity index (χ0v) is 39.0. The number of anilines is 6. The maximum Gasteiger partial charge on any atom is 0.0620 e. The summed E-state index contributed by atoms with van der Waals surface area (Å²) in [5, 5.41) is 4.93. The van der Waals surface area contributed by atoms with Gasteiger partial charge in [0.1, 0.15) is 0 Å². The Bertz CT molecular complexity index is 2420. The molecule has 2 heteroatoms. The molecule has 0 aromatic heterocycles. The molecule has 0 unspecified atom stereocenters. The fourth-order valence-electron chi connectivity index (χ4n) is 8.34. The monoisotopic (exact) mass is 793 g/mol. The molecule has 7 aromatic carbocycles. The summed E-state index contributed by atoms with van der Waals surface area (Å²) in [6, 6.07) is 51.5. The van der Waals surface area contributed by atoms with Crippen LogP contribution in [0.1, 0.15) is 129 Å². The summed E-state index contributed by atoms with van der Waals surface area (Å²) in [7, 11) is 0. The number of aryl methyl sites for hydroxylation is 2. The molecule has 2 nitrogen and oxygen atoms in total. The van der Waals surface area contributed by atoms with Crippen LogP contribution in [-0.4, -0.2) is 0 Å². The predicted molar refractivity (Wildman–Crippen MR) is 264 cm³/mol. The molecular weight excluding hydrogens is 725 g/mol. The van der Waals surface area contributed by atoms with Gasteiger partial charge in [-0.25, -0.2) is 0 Å². The molecule has 0 radical (unpaired) electrons. The number of nitrogens with zero attached hydrogens (tertiary/aromatic N) is 2. The van der Waals surface area contributed by atoms with E-state index in [1.54, 1.807) is 0 Å². The molecule has 60 heavy (non-hydrogen) atoms. The summed E-state index contributed by atoms with van der Waals surface area (Å²) in [5.74, 6) is 0. The molecule has 0 atom stereocenters. The zero-order valence-electron chi connectivity index (χ0n) is 39.0. The Kier molecular flexibility index (Phi) is 11.4. The van der Waals surface area contributed by atoms with Crippen LogP contribution in [-0.2, 0) is 21.7 Å². The Balaban J connectivity index is 1.70. The average Bonchev–Trinajstić information content (AvgIpc) is 3.22. The van der Waals surface area contributed by atoms with Crippen molar-refractivity contribution in [3.8, 4) is 0 Å². The van der Waals surface area contributed by atoms with Gasteiger partial charge >= 0.3 is 0 Å². The van der Waals surface area contributed by atoms with Gasteiger partial charge in [-0.1, -0.05) is 167 Å². The normalized spacial score (nSPS) is 12.6. The summed E-state index contributed by atoms with van der Waals surface area (Å²) in [4.78, 5) is 5.06. The van der Waals surface area contributed by atoms with Crippen LogP contribution in [0.5, 0.6) is 0 Å². The van der Waals surface area contributed by atoms with E-state index in [9.17, 15) is 0 Å². The van der Waals surface area contributed by atoms with E-state index < -0.39 is 0 Å². The lowest BCUT2D eigenvalue weighted by Crippen LogP contribution is -2.19. The van der Waals surface area contributed by atoms with Crippen molar-refractivity contribution in [2.75, 3.05) is 9.80 Å². The van der Waals surface area contributed by atoms with Crippen molar-refractivity contribution in [2.45, 2.75) is 131 Å². The minimum absolute atomic E-state index is 0.0158. The highest BCUT2D eigenvalue weighted by Crippen LogP contribution is 2.53. The van der Waals surface area contributed by atoms with Gasteiger partial charge < -0.3 is 9.80 Å². The molecule has 0 fully saturated rings. The second-order valence-electron chi connectivity index (χ2n) is 20.6. The SMILES string of the molecule is CCC(C)(C)c1ccc2c(N(c3ccc(C)cc3)c3ccc(C(C)(C)C)cc3)c3cc(C(C)(C)CC)ccc3c(N(c3ccc(C)cc3)c3ccc(C(C)(C)C)cc3)c2c1. The van der Waals surface area contributed by atoms with Crippen LogP contribution in [0.4, 0.5) is 34.1 Å². The lowest BCUT2D eigenvalue weighted by Gasteiger charge is -2.35. The molecule has 0 amide bonds. The minimum atomic E-state index is -0.0158. The lowest BCUT2D eigenvalue weighted by atomic mass is 9.79. The van der Waals surface area contributed by atoms with Gasteiger partial charge in [-0.15, -0.1) is 0 Å². The quantitative estimate of drug-likeness (QED) is 0.101. The average molecular weight is 793 g/mol. The number of hydrogen-bond acceptors (Lipinski definition) is 2. The summed E-state index contributed by atoms with van der Waals surface area (Å²) in [6.45, 7) is 32.3. The van der Waals surface area contributed by atoms with Gasteiger partial charge in [-0.05, 0) is 131 Å². The van der Waals surface area contributed by atoms with Crippen LogP contribution in [0, 0.1) is 13.8 Å². The van der Waals surface area contributed by atoms with Crippen molar-refractivity contribution < 1.29 is 0 Å². The third kappa shape index (κ3) is 8.23. The van der Waals surface area contributed by atoms with Crippen molar-refractivity contribution >= 4 is 55.7 Å². The smallest absolute Gasteiger partial charge is 0.0620 e. The zero-order chi connectivity index (χ0) is 43.4. The van der Waals surface area contributed by atoms with E-state index in [1.807, 2.05) is 0 Å². The molecule has 0 aliphatic rings. The first-order chi connectivity index (χ1) is 28.2. The summed E-state index contributed by atoms with van der Waals surface area (Å²) in [6.07, 6.45) is 2.07. The lowest BCUT2D eigenvalue weighted by molar-refractivity contribution is 0.506. The Hall–Kier alpha value is -5.34. The topological polar surface area (TPSA) is 6.48 Å². The Labute approximate surface area is 362 Å². The molecule has 0 spiro atoms.